The molecule has 2 aliphatic heterocycles. The molecule has 286 valence electrons. The van der Waals surface area contributed by atoms with E-state index in [-0.39, 0.29) is 30.8 Å². The van der Waals surface area contributed by atoms with E-state index < -0.39 is 9.84 Å². The molecule has 0 amide bonds. The van der Waals surface area contributed by atoms with E-state index in [9.17, 15) is 13.2 Å². The molecular weight excluding hydrogens is 667 g/mol. The van der Waals surface area contributed by atoms with Gasteiger partial charge < -0.3 is 24.4 Å². The number of carbonyl (C=O) groups is 1. The van der Waals surface area contributed by atoms with Crippen molar-refractivity contribution in [3.05, 3.63) is 48.5 Å². The Labute approximate surface area is 306 Å². The van der Waals surface area contributed by atoms with Crippen molar-refractivity contribution < 1.29 is 29.6 Å². The van der Waals surface area contributed by atoms with E-state index in [4.69, 9.17) is 14.5 Å². The van der Waals surface area contributed by atoms with Crippen LogP contribution in [-0.2, 0) is 25.8 Å². The average Bonchev–Trinajstić information content (AvgIpc) is 3.70. The fourth-order valence-electron chi connectivity index (χ4n) is 8.00. The third-order valence-corrected chi connectivity index (χ3v) is 11.7. The van der Waals surface area contributed by atoms with Crippen LogP contribution in [0.25, 0.3) is 16.7 Å². The summed E-state index contributed by atoms with van der Waals surface area (Å²) >= 11 is 0. The molecule has 0 radical (unpaired) electrons. The number of benzene rings is 1. The van der Waals surface area contributed by atoms with Crippen LogP contribution in [0.5, 0.6) is 5.75 Å². The molecule has 6 rings (SSSR count). The smallest absolute Gasteiger partial charge is 0.323 e. The summed E-state index contributed by atoms with van der Waals surface area (Å²) < 4.78 is 36.9. The topological polar surface area (TPSA) is 138 Å². The number of piperidine rings is 1. The molecule has 2 saturated heterocycles. The molecule has 0 spiro atoms. The number of esters is 1. The lowest BCUT2D eigenvalue weighted by atomic mass is 9.79. The maximum Gasteiger partial charge on any atom is 0.323 e. The molecule has 2 N–H and O–H groups in total. The third-order valence-electron chi connectivity index (χ3n) is 10.7. The summed E-state index contributed by atoms with van der Waals surface area (Å²) in [6, 6.07) is 9.83. The van der Waals surface area contributed by atoms with Gasteiger partial charge >= 0.3 is 5.97 Å². The first-order chi connectivity index (χ1) is 24.1. The van der Waals surface area contributed by atoms with Gasteiger partial charge in [0.2, 0.25) is 0 Å². The molecule has 4 heterocycles. The molecule has 11 nitrogen and oxygen atoms in total. The predicted molar refractivity (Wildman–Crippen MR) is 205 cm³/mol. The van der Waals surface area contributed by atoms with Crippen molar-refractivity contribution in [3.63, 3.8) is 0 Å². The molecule has 1 saturated carbocycles. The van der Waals surface area contributed by atoms with Gasteiger partial charge in [0.1, 0.15) is 39.4 Å². The Balaban J connectivity index is 0.00000179. The van der Waals surface area contributed by atoms with Gasteiger partial charge in [0.25, 0.3) is 0 Å². The number of likely N-dealkylation sites (N-methyl/N-ethyl adjacent to an activating group) is 1. The Morgan fingerprint density at radius 2 is 1.75 bits per heavy atom. The van der Waals surface area contributed by atoms with Gasteiger partial charge in [-0.05, 0) is 94.0 Å². The van der Waals surface area contributed by atoms with Crippen LogP contribution in [0.15, 0.2) is 42.7 Å². The highest BCUT2D eigenvalue weighted by Gasteiger charge is 2.35. The molecule has 1 aliphatic carbocycles. The lowest BCUT2D eigenvalue weighted by Crippen LogP contribution is -2.43. The molecule has 12 heteroatoms. The van der Waals surface area contributed by atoms with Crippen LogP contribution in [0.2, 0.25) is 0 Å². The van der Waals surface area contributed by atoms with Gasteiger partial charge in [-0.3, -0.25) is 9.69 Å². The number of nitrogens with zero attached hydrogens (tertiary/aromatic N) is 5. The molecule has 3 aliphatic rings. The van der Waals surface area contributed by atoms with E-state index in [1.165, 1.54) is 38.5 Å². The van der Waals surface area contributed by atoms with Gasteiger partial charge in [0, 0.05) is 58.1 Å². The van der Waals surface area contributed by atoms with Gasteiger partial charge in [-0.2, -0.15) is 0 Å². The van der Waals surface area contributed by atoms with Crippen LogP contribution in [0.4, 0.5) is 0 Å². The Kier molecular flexibility index (Phi) is 15.3. The maximum absolute atomic E-state index is 12.7. The van der Waals surface area contributed by atoms with Crippen LogP contribution < -0.4 is 4.74 Å². The van der Waals surface area contributed by atoms with Crippen molar-refractivity contribution in [1.82, 2.24) is 24.3 Å². The normalized spacial score (nSPS) is 23.3. The van der Waals surface area contributed by atoms with E-state index in [1.54, 1.807) is 0 Å². The Morgan fingerprint density at radius 1 is 1.02 bits per heavy atom. The fourth-order valence-corrected chi connectivity index (χ4v) is 8.64. The summed E-state index contributed by atoms with van der Waals surface area (Å²) in [5.41, 5.74) is 0.996. The molecule has 2 atom stereocenters. The molecular formula is C39H63N5O6S. The minimum atomic E-state index is -3.00. The van der Waals surface area contributed by atoms with E-state index in [2.05, 4.69) is 26.3 Å². The number of rotatable bonds is 13. The average molecular weight is 730 g/mol. The number of carbonyl (C=O) groups excluding carboxylic acids is 1. The number of fused-ring (bicyclic) bond motifs is 1. The quantitative estimate of drug-likeness (QED) is 0.159. The first kappa shape index (κ1) is 40.7. The Morgan fingerprint density at radius 3 is 2.43 bits per heavy atom. The highest BCUT2D eigenvalue weighted by molar-refractivity contribution is 7.90. The monoisotopic (exact) mass is 729 g/mol. The second-order valence-corrected chi connectivity index (χ2v) is 17.0. The number of likely N-dealkylation sites (tertiary alicyclic amines) is 2. The number of sulfone groups is 1. The summed E-state index contributed by atoms with van der Waals surface area (Å²) in [5, 5.41) is 0.976. The van der Waals surface area contributed by atoms with E-state index >= 15 is 0 Å². The molecule has 51 heavy (non-hydrogen) atoms. The Bertz CT molecular complexity index is 1640. The lowest BCUT2D eigenvalue weighted by Gasteiger charge is -2.36. The zero-order valence-corrected chi connectivity index (χ0v) is 32.2. The SMILES string of the molecule is CC.CC1C[C@@H](C(=O)OC2CCN(CC3CCC(CCc4nccc(-n5ccc6c(OCCCS(C)(=O)=O)cccc65)n4)CC3)CC2)N(C)C1.O.[HH]. The van der Waals surface area contributed by atoms with Gasteiger partial charge in [-0.15, -0.1) is 0 Å². The van der Waals surface area contributed by atoms with Gasteiger partial charge in [-0.25, -0.2) is 18.4 Å². The van der Waals surface area contributed by atoms with E-state index in [0.29, 0.717) is 24.9 Å². The fraction of sp³-hybridized carbons (Fsp3) is 0.667. The number of aryl methyl sites for hydroxylation is 1. The van der Waals surface area contributed by atoms with Gasteiger partial charge in [0.05, 0.1) is 17.9 Å². The van der Waals surface area contributed by atoms with Crippen molar-refractivity contribution in [1.29, 1.82) is 0 Å². The summed E-state index contributed by atoms with van der Waals surface area (Å²) in [7, 11) is -0.963. The van der Waals surface area contributed by atoms with E-state index in [0.717, 1.165) is 86.0 Å². The highest BCUT2D eigenvalue weighted by atomic mass is 32.2. The predicted octanol–water partition coefficient (Wildman–Crippen LogP) is 5.77. The molecule has 3 fully saturated rings. The van der Waals surface area contributed by atoms with Crippen molar-refractivity contribution in [3.8, 4) is 11.6 Å². The van der Waals surface area contributed by atoms with Crippen LogP contribution in [0, 0.1) is 17.8 Å². The molecule has 1 unspecified atom stereocenters. The van der Waals surface area contributed by atoms with Crippen molar-refractivity contribution >= 4 is 26.7 Å². The minimum absolute atomic E-state index is 0. The summed E-state index contributed by atoms with van der Waals surface area (Å²) in [4.78, 5) is 27.0. The second-order valence-electron chi connectivity index (χ2n) is 14.7. The van der Waals surface area contributed by atoms with E-state index in [1.807, 2.05) is 63.6 Å². The molecule has 2 aromatic heterocycles. The van der Waals surface area contributed by atoms with Crippen molar-refractivity contribution in [2.24, 2.45) is 17.8 Å². The zero-order chi connectivity index (χ0) is 35.7. The largest absolute Gasteiger partial charge is 0.493 e. The molecule has 1 aromatic carbocycles. The summed E-state index contributed by atoms with van der Waals surface area (Å²) in [5.74, 6) is 4.59. The summed E-state index contributed by atoms with van der Waals surface area (Å²) in [6.45, 7) is 10.8. The van der Waals surface area contributed by atoms with Crippen LogP contribution in [0.1, 0.15) is 85.8 Å². The number of ether oxygens (including phenoxy) is 2. The molecule has 0 bridgehead atoms. The Hall–Kier alpha value is -3.06. The minimum Gasteiger partial charge on any atom is -0.493 e. The first-order valence-corrected chi connectivity index (χ1v) is 21.0. The lowest BCUT2D eigenvalue weighted by molar-refractivity contribution is -0.156. The zero-order valence-electron chi connectivity index (χ0n) is 31.4. The molecule has 3 aromatic rings. The first-order valence-electron chi connectivity index (χ1n) is 19.0. The van der Waals surface area contributed by atoms with Crippen LogP contribution in [0.3, 0.4) is 0 Å². The van der Waals surface area contributed by atoms with Crippen molar-refractivity contribution in [2.75, 3.05) is 51.8 Å². The van der Waals surface area contributed by atoms with Crippen LogP contribution >= 0.6 is 0 Å². The van der Waals surface area contributed by atoms with Gasteiger partial charge in [0.15, 0.2) is 0 Å². The maximum atomic E-state index is 12.7. The third kappa shape index (κ3) is 11.5. The standard InChI is InChI=1S/C37H53N5O5S.C2H6.H2O.H2/c1-27-24-33(40(2)25-27)37(43)47-30-15-19-41(20-16-30)26-29-10-8-28(9-11-29)12-13-35-38-18-14-36(39-35)42-21-17-31-32(42)6-4-7-34(31)46-22-5-23-48(3,44)45;1-2;;/h4,6-7,14,17-18,21,27-30,33H,5,8-13,15-16,19-20,22-26H2,1-3H3;1-2H3;1H2;1H/t27?,28?,29?,33-;;;/m0.../s1. The second kappa shape index (κ2) is 19.1. The summed E-state index contributed by atoms with van der Waals surface area (Å²) in [6.07, 6.45) is 15.5. The van der Waals surface area contributed by atoms with Gasteiger partial charge in [-0.1, -0.05) is 39.7 Å². The number of hydrogen-bond acceptors (Lipinski definition) is 9. The van der Waals surface area contributed by atoms with Crippen molar-refractivity contribution in [2.45, 2.75) is 97.1 Å². The van der Waals surface area contributed by atoms with Crippen LogP contribution in [-0.4, -0.2) is 108 Å². The number of hydrogen-bond donors (Lipinski definition) is 0. The number of aromatic nitrogens is 3. The highest BCUT2D eigenvalue weighted by Crippen LogP contribution is 2.33.